The number of allylic oxidation sites excluding steroid dienone is 1. The Morgan fingerprint density at radius 1 is 1.67 bits per heavy atom. The fraction of sp³-hybridized carbons (Fsp3) is 0.750. The lowest BCUT2D eigenvalue weighted by Gasteiger charge is -2.07. The molecule has 0 aliphatic rings. The third-order valence-electron chi connectivity index (χ3n) is 1.61. The van der Waals surface area contributed by atoms with Gasteiger partial charge in [0.1, 0.15) is 0 Å². The van der Waals surface area contributed by atoms with Crippen LogP contribution in [-0.4, -0.2) is 11.7 Å². The van der Waals surface area contributed by atoms with E-state index < -0.39 is 0 Å². The molecule has 0 fully saturated rings. The Hall–Kier alpha value is -0.300. The Morgan fingerprint density at radius 3 is 2.67 bits per heavy atom. The van der Waals surface area contributed by atoms with Crippen molar-refractivity contribution < 1.29 is 5.11 Å². The molecule has 1 heteroatoms. The van der Waals surface area contributed by atoms with Gasteiger partial charge < -0.3 is 5.11 Å². The van der Waals surface area contributed by atoms with Gasteiger partial charge in [-0.25, -0.2) is 0 Å². The van der Waals surface area contributed by atoms with Gasteiger partial charge in [0, 0.05) is 6.61 Å². The van der Waals surface area contributed by atoms with Gasteiger partial charge in [0.05, 0.1) is 0 Å². The molecule has 9 heavy (non-hydrogen) atoms. The summed E-state index contributed by atoms with van der Waals surface area (Å²) in [5.41, 5.74) is 0. The molecule has 1 atom stereocenters. The summed E-state index contributed by atoms with van der Waals surface area (Å²) in [7, 11) is 0. The molecule has 54 valence electrons. The molecule has 0 heterocycles. The second-order valence-electron chi connectivity index (χ2n) is 2.32. The largest absolute Gasteiger partial charge is 0.396 e. The van der Waals surface area contributed by atoms with Gasteiger partial charge in [-0.15, -0.1) is 6.58 Å². The first kappa shape index (κ1) is 8.70. The Balaban J connectivity index is 3.19. The zero-order valence-electron chi connectivity index (χ0n) is 6.14. The van der Waals surface area contributed by atoms with Crippen LogP contribution in [0.3, 0.4) is 0 Å². The van der Waals surface area contributed by atoms with Crippen molar-refractivity contribution in [3.63, 3.8) is 0 Å². The van der Waals surface area contributed by atoms with E-state index in [9.17, 15) is 0 Å². The van der Waals surface area contributed by atoms with Gasteiger partial charge in [0.15, 0.2) is 0 Å². The Kier molecular flexibility index (Phi) is 5.64. The molecule has 1 unspecified atom stereocenters. The fourth-order valence-electron chi connectivity index (χ4n) is 0.778. The summed E-state index contributed by atoms with van der Waals surface area (Å²) in [6.45, 7) is 6.04. The number of aliphatic hydroxyl groups excluding tert-OH is 1. The van der Waals surface area contributed by atoms with Crippen LogP contribution < -0.4 is 0 Å². The molecule has 0 rings (SSSR count). The Morgan fingerprint density at radius 2 is 2.33 bits per heavy atom. The first-order chi connectivity index (χ1) is 4.35. The van der Waals surface area contributed by atoms with Gasteiger partial charge in [0.25, 0.3) is 0 Å². The minimum Gasteiger partial charge on any atom is -0.396 e. The molecule has 0 saturated carbocycles. The summed E-state index contributed by atoms with van der Waals surface area (Å²) in [5.74, 6) is 0.489. The molecule has 1 nitrogen and oxygen atoms in total. The topological polar surface area (TPSA) is 20.2 Å². The lowest BCUT2D eigenvalue weighted by atomic mass is 10.0. The summed E-state index contributed by atoms with van der Waals surface area (Å²) < 4.78 is 0. The smallest absolute Gasteiger partial charge is 0.0459 e. The molecule has 0 amide bonds. The average molecular weight is 128 g/mol. The van der Waals surface area contributed by atoms with Crippen molar-refractivity contribution in [2.24, 2.45) is 5.92 Å². The zero-order chi connectivity index (χ0) is 7.11. The van der Waals surface area contributed by atoms with Crippen molar-refractivity contribution in [3.05, 3.63) is 12.7 Å². The average Bonchev–Trinajstić information content (AvgIpc) is 1.91. The fourth-order valence-corrected chi connectivity index (χ4v) is 0.778. The first-order valence-electron chi connectivity index (χ1n) is 3.56. The highest BCUT2D eigenvalue weighted by Gasteiger charge is 2.00. The van der Waals surface area contributed by atoms with E-state index in [1.54, 1.807) is 0 Å². The highest BCUT2D eigenvalue weighted by molar-refractivity contribution is 4.68. The molecule has 0 aliphatic heterocycles. The molecule has 0 aromatic rings. The monoisotopic (exact) mass is 128 g/mol. The van der Waals surface area contributed by atoms with Gasteiger partial charge in [-0.2, -0.15) is 0 Å². The third kappa shape index (κ3) is 4.22. The van der Waals surface area contributed by atoms with E-state index in [1.807, 2.05) is 6.08 Å². The Bertz CT molecular complexity index is 65.0. The van der Waals surface area contributed by atoms with Crippen molar-refractivity contribution in [2.75, 3.05) is 6.61 Å². The summed E-state index contributed by atoms with van der Waals surface area (Å²) in [6.07, 6.45) is 5.08. The molecule has 0 saturated heterocycles. The summed E-state index contributed by atoms with van der Waals surface area (Å²) in [5, 5.41) is 8.72. The zero-order valence-corrected chi connectivity index (χ0v) is 6.14. The van der Waals surface area contributed by atoms with Crippen LogP contribution in [0.5, 0.6) is 0 Å². The maximum Gasteiger partial charge on any atom is 0.0459 e. The lowest BCUT2D eigenvalue weighted by molar-refractivity contribution is 0.216. The van der Waals surface area contributed by atoms with Crippen molar-refractivity contribution in [3.8, 4) is 0 Å². The van der Waals surface area contributed by atoms with Gasteiger partial charge in [-0.3, -0.25) is 0 Å². The van der Waals surface area contributed by atoms with Crippen LogP contribution in [0.1, 0.15) is 26.2 Å². The molecule has 0 aliphatic carbocycles. The van der Waals surface area contributed by atoms with E-state index in [4.69, 9.17) is 5.11 Å². The maximum atomic E-state index is 8.72. The van der Waals surface area contributed by atoms with Crippen LogP contribution >= 0.6 is 0 Å². The van der Waals surface area contributed by atoms with Gasteiger partial charge >= 0.3 is 0 Å². The molecule has 0 aromatic carbocycles. The van der Waals surface area contributed by atoms with Crippen LogP contribution in [0, 0.1) is 5.92 Å². The van der Waals surface area contributed by atoms with Crippen LogP contribution in [0.4, 0.5) is 0 Å². The second kappa shape index (κ2) is 5.83. The first-order valence-corrected chi connectivity index (χ1v) is 3.56. The molecule has 0 spiro atoms. The van der Waals surface area contributed by atoms with Crippen LogP contribution in [-0.2, 0) is 0 Å². The van der Waals surface area contributed by atoms with Crippen molar-refractivity contribution in [1.82, 2.24) is 0 Å². The highest BCUT2D eigenvalue weighted by atomic mass is 16.3. The van der Waals surface area contributed by atoms with Crippen molar-refractivity contribution in [2.45, 2.75) is 26.2 Å². The maximum absolute atomic E-state index is 8.72. The molecule has 1 N–H and O–H groups in total. The molecule has 0 aromatic heterocycles. The summed E-state index contributed by atoms with van der Waals surface area (Å²) >= 11 is 0. The highest BCUT2D eigenvalue weighted by Crippen LogP contribution is 2.09. The van der Waals surface area contributed by atoms with Crippen LogP contribution in [0.15, 0.2) is 12.7 Å². The summed E-state index contributed by atoms with van der Waals surface area (Å²) in [6, 6.07) is 0. The molecule has 0 radical (unpaired) electrons. The molecular weight excluding hydrogens is 112 g/mol. The normalized spacial score (nSPS) is 13.1. The van der Waals surface area contributed by atoms with Crippen molar-refractivity contribution in [1.29, 1.82) is 0 Å². The van der Waals surface area contributed by atoms with Gasteiger partial charge in [-0.1, -0.05) is 19.4 Å². The molecule has 0 bridgehead atoms. The molecular formula is C8H16O. The van der Waals surface area contributed by atoms with Gasteiger partial charge in [-0.05, 0) is 18.8 Å². The standard InChI is InChI=1S/C8H16O/c1-3-5-6-8(4-2)7-9/h3,8-9H,1,4-7H2,2H3. The Labute approximate surface area is 57.4 Å². The lowest BCUT2D eigenvalue weighted by Crippen LogP contribution is -2.02. The minimum absolute atomic E-state index is 0.324. The summed E-state index contributed by atoms with van der Waals surface area (Å²) in [4.78, 5) is 0. The predicted molar refractivity (Wildman–Crippen MR) is 40.3 cm³/mol. The third-order valence-corrected chi connectivity index (χ3v) is 1.61. The second-order valence-corrected chi connectivity index (χ2v) is 2.32. The van der Waals surface area contributed by atoms with Crippen LogP contribution in [0.25, 0.3) is 0 Å². The van der Waals surface area contributed by atoms with E-state index >= 15 is 0 Å². The van der Waals surface area contributed by atoms with E-state index in [0.717, 1.165) is 19.3 Å². The number of rotatable bonds is 5. The van der Waals surface area contributed by atoms with Crippen LogP contribution in [0.2, 0.25) is 0 Å². The SMILES string of the molecule is C=CCCC(CC)CO. The van der Waals surface area contributed by atoms with E-state index in [-0.39, 0.29) is 0 Å². The van der Waals surface area contributed by atoms with Gasteiger partial charge in [0.2, 0.25) is 0 Å². The number of hydrogen-bond acceptors (Lipinski definition) is 1. The minimum atomic E-state index is 0.324. The predicted octanol–water partition coefficient (Wildman–Crippen LogP) is 1.97. The van der Waals surface area contributed by atoms with E-state index in [0.29, 0.717) is 12.5 Å². The quantitative estimate of drug-likeness (QED) is 0.561. The van der Waals surface area contributed by atoms with Crippen molar-refractivity contribution >= 4 is 0 Å². The number of hydrogen-bond donors (Lipinski definition) is 1. The van der Waals surface area contributed by atoms with E-state index in [2.05, 4.69) is 13.5 Å². The number of aliphatic hydroxyl groups is 1. The van der Waals surface area contributed by atoms with E-state index in [1.165, 1.54) is 0 Å².